The Balaban J connectivity index is 1.38. The predicted molar refractivity (Wildman–Crippen MR) is 122 cm³/mol. The molecule has 1 unspecified atom stereocenters. The lowest BCUT2D eigenvalue weighted by atomic mass is 10.0. The van der Waals surface area contributed by atoms with Crippen molar-refractivity contribution in [2.24, 2.45) is 0 Å². The molecule has 0 bridgehead atoms. The highest BCUT2D eigenvalue weighted by Crippen LogP contribution is 2.31. The van der Waals surface area contributed by atoms with Gasteiger partial charge in [-0.2, -0.15) is 0 Å². The molecule has 3 aromatic heterocycles. The van der Waals surface area contributed by atoms with Gasteiger partial charge in [0.1, 0.15) is 11.9 Å². The highest BCUT2D eigenvalue weighted by atomic mass is 16.1. The zero-order valence-electron chi connectivity index (χ0n) is 17.4. The first kappa shape index (κ1) is 19.7. The Hall–Kier alpha value is -4.26. The number of carbonyl (C=O) groups excluding carboxylic acids is 2. The summed E-state index contributed by atoms with van der Waals surface area (Å²) in [6.45, 7) is 2.48. The number of aromatic nitrogens is 3. The summed E-state index contributed by atoms with van der Waals surface area (Å²) in [5.41, 5.74) is 4.55. The molecular weight excluding hydrogens is 402 g/mol. The van der Waals surface area contributed by atoms with Crippen LogP contribution in [0.25, 0.3) is 0 Å². The van der Waals surface area contributed by atoms with Gasteiger partial charge in [-0.05, 0) is 55.0 Å². The molecule has 0 aliphatic carbocycles. The Morgan fingerprint density at radius 3 is 2.72 bits per heavy atom. The summed E-state index contributed by atoms with van der Waals surface area (Å²) in [6, 6.07) is 18.1. The van der Waals surface area contributed by atoms with Crippen molar-refractivity contribution >= 4 is 23.2 Å². The molecule has 1 aliphatic rings. The van der Waals surface area contributed by atoms with Gasteiger partial charge in [0.25, 0.3) is 5.91 Å². The van der Waals surface area contributed by atoms with E-state index in [1.54, 1.807) is 37.4 Å². The number of ketones is 1. The first-order valence-electron chi connectivity index (χ1n) is 10.3. The summed E-state index contributed by atoms with van der Waals surface area (Å²) < 4.78 is 2.08. The van der Waals surface area contributed by atoms with E-state index in [1.165, 1.54) is 6.20 Å². The van der Waals surface area contributed by atoms with E-state index >= 15 is 0 Å². The molecule has 0 radical (unpaired) electrons. The third-order valence-electron chi connectivity index (χ3n) is 5.62. The minimum atomic E-state index is -0.533. The fourth-order valence-corrected chi connectivity index (χ4v) is 3.93. The van der Waals surface area contributed by atoms with Gasteiger partial charge >= 0.3 is 0 Å². The zero-order valence-corrected chi connectivity index (χ0v) is 17.4. The fourth-order valence-electron chi connectivity index (χ4n) is 3.93. The maximum atomic E-state index is 13.4. The van der Waals surface area contributed by atoms with Crippen molar-refractivity contribution < 1.29 is 9.59 Å². The number of para-hydroxylation sites is 1. The number of anilines is 2. The molecule has 0 saturated heterocycles. The van der Waals surface area contributed by atoms with Gasteiger partial charge in [0.05, 0.1) is 5.56 Å². The summed E-state index contributed by atoms with van der Waals surface area (Å²) in [7, 11) is 0. The van der Waals surface area contributed by atoms with E-state index in [2.05, 4.69) is 31.2 Å². The van der Waals surface area contributed by atoms with E-state index in [0.717, 1.165) is 16.9 Å². The van der Waals surface area contributed by atoms with Crippen molar-refractivity contribution in [3.8, 4) is 0 Å². The van der Waals surface area contributed by atoms with Crippen molar-refractivity contribution in [1.29, 1.82) is 0 Å². The third-order valence-corrected chi connectivity index (χ3v) is 5.62. The monoisotopic (exact) mass is 423 g/mol. The number of amides is 1. The smallest absolute Gasteiger partial charge is 0.258 e. The molecule has 0 saturated carbocycles. The zero-order chi connectivity index (χ0) is 22.1. The van der Waals surface area contributed by atoms with Crippen LogP contribution in [-0.2, 0) is 6.54 Å². The molecule has 4 aromatic rings. The summed E-state index contributed by atoms with van der Waals surface area (Å²) in [6.07, 6.45) is 5.12. The Labute approximate surface area is 185 Å². The number of fused-ring (bicyclic) bond motifs is 2. The van der Waals surface area contributed by atoms with E-state index in [0.29, 0.717) is 29.2 Å². The van der Waals surface area contributed by atoms with Crippen LogP contribution in [0.1, 0.15) is 43.7 Å². The molecule has 32 heavy (non-hydrogen) atoms. The molecule has 5 rings (SSSR count). The number of pyridine rings is 2. The first-order valence-corrected chi connectivity index (χ1v) is 10.3. The normalized spacial score (nSPS) is 14.5. The maximum Gasteiger partial charge on any atom is 0.258 e. The number of nitrogens with one attached hydrogen (secondary N) is 2. The van der Waals surface area contributed by atoms with E-state index in [9.17, 15) is 9.59 Å². The lowest BCUT2D eigenvalue weighted by Gasteiger charge is -2.18. The summed E-state index contributed by atoms with van der Waals surface area (Å²) in [4.78, 5) is 34.3. The number of benzene rings is 1. The van der Waals surface area contributed by atoms with Gasteiger partial charge in [-0.15, -0.1) is 0 Å². The van der Waals surface area contributed by atoms with Gasteiger partial charge in [0, 0.05) is 47.8 Å². The number of nitrogens with zero attached hydrogens (tertiary/aromatic N) is 3. The van der Waals surface area contributed by atoms with Crippen molar-refractivity contribution in [2.75, 3.05) is 10.6 Å². The van der Waals surface area contributed by atoms with Gasteiger partial charge < -0.3 is 15.2 Å². The molecule has 0 spiro atoms. The second-order valence-corrected chi connectivity index (χ2v) is 7.68. The van der Waals surface area contributed by atoms with Crippen LogP contribution in [0.3, 0.4) is 0 Å². The number of Topliss-reactive ketones (excluding diaryl/α,β-unsaturated/α-hetero) is 1. The molecule has 1 aromatic carbocycles. The van der Waals surface area contributed by atoms with Crippen LogP contribution in [0.5, 0.6) is 0 Å². The Kier molecular flexibility index (Phi) is 4.99. The molecule has 2 N–H and O–H groups in total. The van der Waals surface area contributed by atoms with Gasteiger partial charge in [-0.3, -0.25) is 14.6 Å². The molecule has 158 valence electrons. The van der Waals surface area contributed by atoms with E-state index in [1.807, 2.05) is 36.5 Å². The van der Waals surface area contributed by atoms with Crippen molar-refractivity contribution in [3.05, 3.63) is 107 Å². The molecule has 1 atom stereocenters. The molecule has 7 heteroatoms. The van der Waals surface area contributed by atoms with Crippen LogP contribution in [-0.4, -0.2) is 26.2 Å². The second kappa shape index (κ2) is 8.11. The van der Waals surface area contributed by atoms with Gasteiger partial charge in [-0.25, -0.2) is 4.98 Å². The van der Waals surface area contributed by atoms with Gasteiger partial charge in [0.2, 0.25) is 0 Å². The quantitative estimate of drug-likeness (QED) is 0.480. The minimum absolute atomic E-state index is 0.0878. The summed E-state index contributed by atoms with van der Waals surface area (Å²) in [5.74, 6) is -0.00507. The average molecular weight is 423 g/mol. The number of aryl methyl sites for hydroxylation is 1. The van der Waals surface area contributed by atoms with Crippen molar-refractivity contribution in [1.82, 2.24) is 14.5 Å². The minimum Gasteiger partial charge on any atom is -0.370 e. The molecule has 7 nitrogen and oxygen atoms in total. The lowest BCUT2D eigenvalue weighted by molar-refractivity contribution is 0.0966. The third kappa shape index (κ3) is 3.65. The number of hydrogen-bond donors (Lipinski definition) is 2. The van der Waals surface area contributed by atoms with Crippen LogP contribution in [0.15, 0.2) is 79.3 Å². The second-order valence-electron chi connectivity index (χ2n) is 7.68. The van der Waals surface area contributed by atoms with Crippen LogP contribution < -0.4 is 10.6 Å². The first-order chi connectivity index (χ1) is 15.6. The highest BCUT2D eigenvalue weighted by Gasteiger charge is 2.28. The van der Waals surface area contributed by atoms with Crippen LogP contribution in [0, 0.1) is 6.92 Å². The van der Waals surface area contributed by atoms with E-state index < -0.39 is 6.04 Å². The van der Waals surface area contributed by atoms with Crippen LogP contribution in [0.2, 0.25) is 0 Å². The van der Waals surface area contributed by atoms with Gasteiger partial charge in [-0.1, -0.05) is 18.2 Å². The molecular formula is C25H21N5O2. The van der Waals surface area contributed by atoms with Crippen LogP contribution >= 0.6 is 0 Å². The Morgan fingerprint density at radius 1 is 1.03 bits per heavy atom. The van der Waals surface area contributed by atoms with E-state index in [4.69, 9.17) is 0 Å². The van der Waals surface area contributed by atoms with Crippen LogP contribution in [0.4, 0.5) is 11.5 Å². The molecule has 1 aliphatic heterocycles. The fraction of sp³-hybridized carbons (Fsp3) is 0.120. The Morgan fingerprint density at radius 2 is 1.91 bits per heavy atom. The number of rotatable bonds is 4. The Bertz CT molecular complexity index is 1310. The standard InChI is InChI=1S/C25H21N5O2/c1-16-19(7-4-12-26-16)25(32)29-22-11-10-17(14-27-22)24(31)23-21-9-5-13-30(21)15-18-6-2-3-8-20(18)28-23/h2-14,23,28H,15H2,1H3,(H,27,29,32). The number of carbonyl (C=O) groups is 2. The molecule has 1 amide bonds. The highest BCUT2D eigenvalue weighted by molar-refractivity contribution is 6.05. The summed E-state index contributed by atoms with van der Waals surface area (Å²) >= 11 is 0. The van der Waals surface area contributed by atoms with Crippen molar-refractivity contribution in [3.63, 3.8) is 0 Å². The molecule has 0 fully saturated rings. The largest absolute Gasteiger partial charge is 0.370 e. The summed E-state index contributed by atoms with van der Waals surface area (Å²) in [5, 5.41) is 6.16. The maximum absolute atomic E-state index is 13.4. The number of hydrogen-bond acceptors (Lipinski definition) is 5. The predicted octanol–water partition coefficient (Wildman–Crippen LogP) is 4.24. The van der Waals surface area contributed by atoms with Gasteiger partial charge in [0.15, 0.2) is 5.78 Å². The SMILES string of the molecule is Cc1ncccc1C(=O)Nc1ccc(C(=O)C2Nc3ccccc3Cn3cccc32)cn1. The van der Waals surface area contributed by atoms with E-state index in [-0.39, 0.29) is 11.7 Å². The van der Waals surface area contributed by atoms with Crippen molar-refractivity contribution in [2.45, 2.75) is 19.5 Å². The molecule has 4 heterocycles. The topological polar surface area (TPSA) is 88.9 Å². The lowest BCUT2D eigenvalue weighted by Crippen LogP contribution is -2.22. The average Bonchev–Trinajstić information content (AvgIpc) is 3.20.